The van der Waals surface area contributed by atoms with Crippen LogP contribution in [-0.4, -0.2) is 23.1 Å². The standard InChI is InChI=1S/C19H16ClFN2O3/c1-9-4-15(12-6-19(26-3)18(25)7-13(12)20)23-16-8-17(22-10(2)24)14(21)5-11(9)16/h4-8,25H,1-3H3,(H,22,24). The number of aromatic nitrogens is 1. The number of rotatable bonds is 3. The SMILES string of the molecule is COc1cc(-c2cc(C)c3cc(F)c(NC(C)=O)cc3n2)c(Cl)cc1O. The average Bonchev–Trinajstić information content (AvgIpc) is 2.56. The van der Waals surface area contributed by atoms with E-state index in [4.69, 9.17) is 16.3 Å². The number of phenolic OH excluding ortho intramolecular Hbond substituents is 1. The van der Waals surface area contributed by atoms with E-state index in [-0.39, 0.29) is 23.1 Å². The molecule has 2 aromatic carbocycles. The van der Waals surface area contributed by atoms with Gasteiger partial charge in [0.05, 0.1) is 29.0 Å². The fourth-order valence-electron chi connectivity index (χ4n) is 2.74. The largest absolute Gasteiger partial charge is 0.504 e. The molecule has 0 unspecified atom stereocenters. The van der Waals surface area contributed by atoms with Crippen LogP contribution in [-0.2, 0) is 4.79 Å². The highest BCUT2D eigenvalue weighted by Gasteiger charge is 2.15. The monoisotopic (exact) mass is 374 g/mol. The smallest absolute Gasteiger partial charge is 0.221 e. The van der Waals surface area contributed by atoms with E-state index >= 15 is 0 Å². The van der Waals surface area contributed by atoms with Crippen molar-refractivity contribution in [1.29, 1.82) is 0 Å². The molecule has 0 aliphatic rings. The predicted molar refractivity (Wildman–Crippen MR) is 99.4 cm³/mol. The number of amides is 1. The van der Waals surface area contributed by atoms with Crippen molar-refractivity contribution < 1.29 is 19.0 Å². The van der Waals surface area contributed by atoms with E-state index in [1.807, 2.05) is 6.92 Å². The molecule has 0 saturated heterocycles. The second-order valence-electron chi connectivity index (χ2n) is 5.86. The third-order valence-electron chi connectivity index (χ3n) is 3.96. The molecule has 0 aliphatic heterocycles. The van der Waals surface area contributed by atoms with Gasteiger partial charge in [0.15, 0.2) is 11.5 Å². The van der Waals surface area contributed by atoms with Crippen molar-refractivity contribution in [1.82, 2.24) is 4.98 Å². The van der Waals surface area contributed by atoms with Crippen LogP contribution in [0.4, 0.5) is 10.1 Å². The Balaban J connectivity index is 2.22. The molecule has 0 saturated carbocycles. The Hall–Kier alpha value is -2.86. The fraction of sp³-hybridized carbons (Fsp3) is 0.158. The maximum Gasteiger partial charge on any atom is 0.221 e. The Morgan fingerprint density at radius 2 is 2.00 bits per heavy atom. The molecule has 3 rings (SSSR count). The Morgan fingerprint density at radius 3 is 2.65 bits per heavy atom. The quantitative estimate of drug-likeness (QED) is 0.698. The molecular weight excluding hydrogens is 359 g/mol. The number of methoxy groups -OCH3 is 1. The van der Waals surface area contributed by atoms with Gasteiger partial charge in [-0.3, -0.25) is 4.79 Å². The Morgan fingerprint density at radius 1 is 1.27 bits per heavy atom. The molecule has 0 bridgehead atoms. The highest BCUT2D eigenvalue weighted by molar-refractivity contribution is 6.33. The summed E-state index contributed by atoms with van der Waals surface area (Å²) in [6.07, 6.45) is 0. The number of pyridine rings is 1. The zero-order valence-corrected chi connectivity index (χ0v) is 15.1. The Bertz CT molecular complexity index is 1040. The number of anilines is 1. The molecule has 0 radical (unpaired) electrons. The van der Waals surface area contributed by atoms with Gasteiger partial charge in [-0.1, -0.05) is 11.6 Å². The lowest BCUT2D eigenvalue weighted by atomic mass is 10.0. The number of halogens is 2. The lowest BCUT2D eigenvalue weighted by molar-refractivity contribution is -0.114. The molecule has 0 atom stereocenters. The molecule has 26 heavy (non-hydrogen) atoms. The lowest BCUT2D eigenvalue weighted by Gasteiger charge is -2.12. The molecule has 3 aromatic rings. The van der Waals surface area contributed by atoms with Gasteiger partial charge in [0.1, 0.15) is 5.82 Å². The Kier molecular flexibility index (Phi) is 4.70. The van der Waals surface area contributed by atoms with Gasteiger partial charge in [-0.15, -0.1) is 0 Å². The van der Waals surface area contributed by atoms with Crippen LogP contribution in [0.25, 0.3) is 22.2 Å². The van der Waals surface area contributed by atoms with Crippen LogP contribution in [0, 0.1) is 12.7 Å². The summed E-state index contributed by atoms with van der Waals surface area (Å²) < 4.78 is 19.3. The normalized spacial score (nSPS) is 10.8. The molecule has 0 fully saturated rings. The molecule has 1 amide bonds. The first-order valence-corrected chi connectivity index (χ1v) is 8.13. The van der Waals surface area contributed by atoms with Crippen LogP contribution in [0.5, 0.6) is 11.5 Å². The van der Waals surface area contributed by atoms with E-state index < -0.39 is 5.82 Å². The number of carbonyl (C=O) groups is 1. The highest BCUT2D eigenvalue weighted by Crippen LogP contribution is 2.38. The van der Waals surface area contributed by atoms with Crippen molar-refractivity contribution in [2.75, 3.05) is 12.4 Å². The molecule has 134 valence electrons. The second kappa shape index (κ2) is 6.80. The van der Waals surface area contributed by atoms with E-state index in [2.05, 4.69) is 10.3 Å². The summed E-state index contributed by atoms with van der Waals surface area (Å²) in [6.45, 7) is 3.14. The Labute approximate surface area is 154 Å². The molecule has 0 spiro atoms. The number of nitrogens with zero attached hydrogens (tertiary/aromatic N) is 1. The number of fused-ring (bicyclic) bond motifs is 1. The van der Waals surface area contributed by atoms with Crippen molar-refractivity contribution in [2.24, 2.45) is 0 Å². The van der Waals surface area contributed by atoms with E-state index in [9.17, 15) is 14.3 Å². The number of phenols is 1. The number of hydrogen-bond donors (Lipinski definition) is 2. The minimum absolute atomic E-state index is 0.0587. The van der Waals surface area contributed by atoms with E-state index in [0.29, 0.717) is 27.2 Å². The van der Waals surface area contributed by atoms with Crippen LogP contribution >= 0.6 is 11.6 Å². The zero-order valence-electron chi connectivity index (χ0n) is 14.4. The van der Waals surface area contributed by atoms with E-state index in [0.717, 1.165) is 5.56 Å². The number of nitrogens with one attached hydrogen (secondary N) is 1. The predicted octanol–water partition coefficient (Wildman–Crippen LogP) is 4.68. The molecule has 2 N–H and O–H groups in total. The number of aryl methyl sites for hydroxylation is 1. The van der Waals surface area contributed by atoms with Gasteiger partial charge >= 0.3 is 0 Å². The average molecular weight is 375 g/mol. The first kappa shape index (κ1) is 17.9. The van der Waals surface area contributed by atoms with Crippen molar-refractivity contribution in [2.45, 2.75) is 13.8 Å². The summed E-state index contributed by atoms with van der Waals surface area (Å²) in [4.78, 5) is 15.8. The van der Waals surface area contributed by atoms with Gasteiger partial charge in [-0.25, -0.2) is 9.37 Å². The van der Waals surface area contributed by atoms with Gasteiger partial charge in [0.2, 0.25) is 5.91 Å². The van der Waals surface area contributed by atoms with Crippen LogP contribution in [0.1, 0.15) is 12.5 Å². The molecule has 1 heterocycles. The number of benzene rings is 2. The van der Waals surface area contributed by atoms with Gasteiger partial charge < -0.3 is 15.2 Å². The first-order valence-electron chi connectivity index (χ1n) is 7.75. The first-order chi connectivity index (χ1) is 12.3. The topological polar surface area (TPSA) is 71.5 Å². The maximum absolute atomic E-state index is 14.2. The fourth-order valence-corrected chi connectivity index (χ4v) is 3.00. The van der Waals surface area contributed by atoms with Gasteiger partial charge in [-0.2, -0.15) is 0 Å². The highest BCUT2D eigenvalue weighted by atomic mass is 35.5. The zero-order chi connectivity index (χ0) is 19.0. The molecular formula is C19H16ClFN2O3. The summed E-state index contributed by atoms with van der Waals surface area (Å²) in [5.41, 5.74) is 2.47. The van der Waals surface area contributed by atoms with E-state index in [1.165, 1.54) is 32.2 Å². The summed E-state index contributed by atoms with van der Waals surface area (Å²) >= 11 is 6.25. The summed E-state index contributed by atoms with van der Waals surface area (Å²) in [6, 6.07) is 7.56. The van der Waals surface area contributed by atoms with Gasteiger partial charge in [-0.05, 0) is 36.8 Å². The molecule has 7 heteroatoms. The van der Waals surface area contributed by atoms with Gasteiger partial charge in [0, 0.05) is 23.9 Å². The van der Waals surface area contributed by atoms with Gasteiger partial charge in [0.25, 0.3) is 0 Å². The van der Waals surface area contributed by atoms with Crippen molar-refractivity contribution in [3.63, 3.8) is 0 Å². The summed E-state index contributed by atoms with van der Waals surface area (Å²) in [7, 11) is 1.44. The lowest BCUT2D eigenvalue weighted by Crippen LogP contribution is -2.07. The molecule has 1 aromatic heterocycles. The summed E-state index contributed by atoms with van der Waals surface area (Å²) in [5, 5.41) is 13.2. The number of aromatic hydroxyl groups is 1. The minimum Gasteiger partial charge on any atom is -0.504 e. The number of hydrogen-bond acceptors (Lipinski definition) is 4. The summed E-state index contributed by atoms with van der Waals surface area (Å²) in [5.74, 6) is -0.715. The minimum atomic E-state index is -0.533. The maximum atomic E-state index is 14.2. The number of carbonyl (C=O) groups excluding carboxylic acids is 1. The van der Waals surface area contributed by atoms with Crippen molar-refractivity contribution >= 4 is 34.1 Å². The molecule has 5 nitrogen and oxygen atoms in total. The third kappa shape index (κ3) is 3.28. The van der Waals surface area contributed by atoms with Crippen LogP contribution < -0.4 is 10.1 Å². The van der Waals surface area contributed by atoms with Crippen LogP contribution in [0.2, 0.25) is 5.02 Å². The van der Waals surface area contributed by atoms with Crippen LogP contribution in [0.3, 0.4) is 0 Å². The van der Waals surface area contributed by atoms with Crippen molar-refractivity contribution in [3.05, 3.63) is 46.7 Å². The van der Waals surface area contributed by atoms with Crippen LogP contribution in [0.15, 0.2) is 30.3 Å². The second-order valence-corrected chi connectivity index (χ2v) is 6.27. The number of ether oxygens (including phenoxy) is 1. The van der Waals surface area contributed by atoms with Crippen molar-refractivity contribution in [3.8, 4) is 22.8 Å². The molecule has 0 aliphatic carbocycles. The third-order valence-corrected chi connectivity index (χ3v) is 4.27. The van der Waals surface area contributed by atoms with E-state index in [1.54, 1.807) is 12.1 Å².